The molecule has 0 saturated heterocycles. The second-order valence-corrected chi connectivity index (χ2v) is 17.0. The van der Waals surface area contributed by atoms with E-state index in [0.717, 1.165) is 59.7 Å². The average Bonchev–Trinajstić information content (AvgIpc) is 4.03. The molecule has 0 N–H and O–H groups in total. The van der Waals surface area contributed by atoms with Crippen LogP contribution in [0.5, 0.6) is 0 Å². The van der Waals surface area contributed by atoms with E-state index < -0.39 is 0 Å². The molecule has 294 valence electrons. The van der Waals surface area contributed by atoms with Gasteiger partial charge in [-0.25, -0.2) is 4.98 Å². The van der Waals surface area contributed by atoms with Crippen molar-refractivity contribution in [3.63, 3.8) is 0 Å². The second kappa shape index (κ2) is 14.2. The fourth-order valence-corrected chi connectivity index (χ4v) is 10.7. The van der Waals surface area contributed by atoms with Gasteiger partial charge in [0.2, 0.25) is 5.95 Å². The van der Waals surface area contributed by atoms with E-state index in [9.17, 15) is 0 Å². The number of hydrogen-bond donors (Lipinski definition) is 0. The van der Waals surface area contributed by atoms with Crippen LogP contribution in [0.15, 0.2) is 212 Å². The van der Waals surface area contributed by atoms with Crippen molar-refractivity contribution in [2.24, 2.45) is 0 Å². The largest absolute Gasteiger partial charge is 0.307 e. The van der Waals surface area contributed by atoms with E-state index in [1.165, 1.54) is 43.1 Å². The van der Waals surface area contributed by atoms with Gasteiger partial charge in [-0.05, 0) is 58.7 Å². The van der Waals surface area contributed by atoms with Gasteiger partial charge < -0.3 is 4.57 Å². The predicted octanol–water partition coefficient (Wildman–Crippen LogP) is 15.1. The smallest absolute Gasteiger partial charge is 0.238 e. The lowest BCUT2D eigenvalue weighted by atomic mass is 10.0. The molecular formula is C57H35N5S. The van der Waals surface area contributed by atoms with E-state index in [2.05, 4.69) is 203 Å². The summed E-state index contributed by atoms with van der Waals surface area (Å²) in [5.41, 5.74) is 12.1. The van der Waals surface area contributed by atoms with Gasteiger partial charge in [0.15, 0.2) is 11.6 Å². The highest BCUT2D eigenvalue weighted by atomic mass is 32.1. The summed E-state index contributed by atoms with van der Waals surface area (Å²) in [6.45, 7) is 0. The van der Waals surface area contributed by atoms with Gasteiger partial charge in [0.05, 0.1) is 22.1 Å². The third-order valence-electron chi connectivity index (χ3n) is 12.4. The highest BCUT2D eigenvalue weighted by Crippen LogP contribution is 2.43. The first-order valence-electron chi connectivity index (χ1n) is 21.2. The maximum absolute atomic E-state index is 5.46. The third-order valence-corrected chi connectivity index (χ3v) is 13.6. The fourth-order valence-electron chi connectivity index (χ4n) is 9.49. The van der Waals surface area contributed by atoms with Crippen LogP contribution in [0.4, 0.5) is 0 Å². The summed E-state index contributed by atoms with van der Waals surface area (Å²) in [6.07, 6.45) is 0. The predicted molar refractivity (Wildman–Crippen MR) is 263 cm³/mol. The molecule has 0 bridgehead atoms. The lowest BCUT2D eigenvalue weighted by molar-refractivity contribution is 0.954. The van der Waals surface area contributed by atoms with Gasteiger partial charge in [0.25, 0.3) is 0 Å². The Morgan fingerprint density at radius 2 is 0.810 bits per heavy atom. The summed E-state index contributed by atoms with van der Waals surface area (Å²) in [6, 6.07) is 75.6. The van der Waals surface area contributed by atoms with Gasteiger partial charge in [0.1, 0.15) is 0 Å². The number of thiophene rings is 1. The van der Waals surface area contributed by atoms with Crippen LogP contribution in [0, 0.1) is 0 Å². The van der Waals surface area contributed by atoms with Gasteiger partial charge in [-0.3, -0.25) is 4.57 Å². The summed E-state index contributed by atoms with van der Waals surface area (Å²) < 4.78 is 7.09. The summed E-state index contributed by atoms with van der Waals surface area (Å²) in [5.74, 6) is 1.84. The van der Waals surface area contributed by atoms with Crippen molar-refractivity contribution in [2.75, 3.05) is 0 Å². The Morgan fingerprint density at radius 1 is 0.317 bits per heavy atom. The first kappa shape index (κ1) is 35.6. The van der Waals surface area contributed by atoms with Crippen LogP contribution in [-0.4, -0.2) is 24.1 Å². The molecule has 63 heavy (non-hydrogen) atoms. The molecule has 5 nitrogen and oxygen atoms in total. The van der Waals surface area contributed by atoms with Crippen LogP contribution < -0.4 is 0 Å². The molecule has 9 aromatic carbocycles. The summed E-state index contributed by atoms with van der Waals surface area (Å²) in [4.78, 5) is 16.1. The van der Waals surface area contributed by atoms with Gasteiger partial charge in [-0.15, -0.1) is 11.3 Å². The summed E-state index contributed by atoms with van der Waals surface area (Å²) in [7, 11) is 0. The molecule has 6 heteroatoms. The topological polar surface area (TPSA) is 48.5 Å². The van der Waals surface area contributed by atoms with Crippen LogP contribution in [0.1, 0.15) is 0 Å². The number of fused-ring (bicyclic) bond motifs is 10. The number of hydrogen-bond acceptors (Lipinski definition) is 4. The van der Waals surface area contributed by atoms with Crippen molar-refractivity contribution in [3.8, 4) is 56.7 Å². The van der Waals surface area contributed by atoms with E-state index in [-0.39, 0.29) is 0 Å². The number of benzene rings is 9. The SMILES string of the molecule is c1ccc(-c2ccc(-c3ccc(-n4c5ccccc5c5ccc6c7ccccc7n(-c7nc(-c8ccccc8)nc(-c8cccc9c8sc8ccccc89)n7)c6c54)cc3)cc2)cc1. The average molecular weight is 822 g/mol. The standard InChI is InChI=1S/C57H35N5S/c1-3-14-36(15-4-1)37-26-28-38(29-27-37)39-30-32-41(33-31-39)61-49-23-10-7-18-42(49)45-34-35-46-43-19-8-11-24-50(43)62(53(46)52(45)61)57-59-55(40-16-5-2-6-17-40)58-56(60-57)48-22-13-21-47-44-20-9-12-25-51(44)63-54(47)48/h1-35H. The van der Waals surface area contributed by atoms with Gasteiger partial charge in [-0.2, -0.15) is 9.97 Å². The van der Waals surface area contributed by atoms with Crippen LogP contribution in [0.25, 0.3) is 120 Å². The van der Waals surface area contributed by atoms with Gasteiger partial charge >= 0.3 is 0 Å². The van der Waals surface area contributed by atoms with Crippen molar-refractivity contribution in [1.29, 1.82) is 0 Å². The van der Waals surface area contributed by atoms with E-state index in [1.54, 1.807) is 11.3 Å². The molecule has 13 rings (SSSR count). The zero-order chi connectivity index (χ0) is 41.4. The minimum absolute atomic E-state index is 0.571. The first-order valence-corrected chi connectivity index (χ1v) is 22.0. The summed E-state index contributed by atoms with van der Waals surface area (Å²) >= 11 is 1.79. The highest BCUT2D eigenvalue weighted by Gasteiger charge is 2.24. The quantitative estimate of drug-likeness (QED) is 0.168. The van der Waals surface area contributed by atoms with E-state index in [1.807, 2.05) is 18.2 Å². The maximum atomic E-state index is 5.46. The molecule has 0 unspecified atom stereocenters. The molecule has 13 aromatic rings. The van der Waals surface area contributed by atoms with E-state index in [0.29, 0.717) is 17.6 Å². The zero-order valence-electron chi connectivity index (χ0n) is 33.9. The molecule has 4 aromatic heterocycles. The molecule has 0 aliphatic heterocycles. The number of para-hydroxylation sites is 2. The van der Waals surface area contributed by atoms with E-state index in [4.69, 9.17) is 15.0 Å². The monoisotopic (exact) mass is 821 g/mol. The number of rotatable bonds is 6. The highest BCUT2D eigenvalue weighted by molar-refractivity contribution is 7.26. The molecule has 0 amide bonds. The van der Waals surface area contributed by atoms with Gasteiger partial charge in [-0.1, -0.05) is 176 Å². The van der Waals surface area contributed by atoms with Crippen LogP contribution >= 0.6 is 11.3 Å². The van der Waals surface area contributed by atoms with Crippen molar-refractivity contribution in [2.45, 2.75) is 0 Å². The molecular weight excluding hydrogens is 787 g/mol. The molecule has 4 heterocycles. The van der Waals surface area contributed by atoms with Crippen LogP contribution in [0.3, 0.4) is 0 Å². The first-order chi connectivity index (χ1) is 31.2. The molecule has 0 aliphatic carbocycles. The Kier molecular flexibility index (Phi) is 8.01. The zero-order valence-corrected chi connectivity index (χ0v) is 34.7. The molecule has 0 fully saturated rings. The van der Waals surface area contributed by atoms with Gasteiger partial charge in [0, 0.05) is 58.5 Å². The minimum atomic E-state index is 0.571. The lowest BCUT2D eigenvalue weighted by Crippen LogP contribution is -2.07. The molecule has 0 saturated carbocycles. The maximum Gasteiger partial charge on any atom is 0.238 e. The van der Waals surface area contributed by atoms with Crippen molar-refractivity contribution >= 4 is 75.1 Å². The second-order valence-electron chi connectivity index (χ2n) is 16.0. The van der Waals surface area contributed by atoms with Crippen LogP contribution in [0.2, 0.25) is 0 Å². The number of aromatic nitrogens is 5. The Morgan fingerprint density at radius 3 is 1.48 bits per heavy atom. The molecule has 0 spiro atoms. The Balaban J connectivity index is 1.06. The Bertz CT molecular complexity index is 3880. The molecule has 0 aliphatic rings. The fraction of sp³-hybridized carbons (Fsp3) is 0. The Labute approximate surface area is 366 Å². The molecule has 0 atom stereocenters. The normalized spacial score (nSPS) is 11.8. The minimum Gasteiger partial charge on any atom is -0.307 e. The lowest BCUT2D eigenvalue weighted by Gasteiger charge is -2.14. The van der Waals surface area contributed by atoms with Crippen molar-refractivity contribution < 1.29 is 0 Å². The summed E-state index contributed by atoms with van der Waals surface area (Å²) in [5, 5.41) is 7.06. The molecule has 0 radical (unpaired) electrons. The van der Waals surface area contributed by atoms with Crippen molar-refractivity contribution in [3.05, 3.63) is 212 Å². The Hall–Kier alpha value is -8.19. The number of nitrogens with zero attached hydrogens (tertiary/aromatic N) is 5. The third kappa shape index (κ3) is 5.66. The van der Waals surface area contributed by atoms with E-state index >= 15 is 0 Å². The van der Waals surface area contributed by atoms with Crippen molar-refractivity contribution in [1.82, 2.24) is 24.1 Å². The van der Waals surface area contributed by atoms with Crippen LogP contribution in [-0.2, 0) is 0 Å².